The highest BCUT2D eigenvalue weighted by atomic mass is 35.5. The number of unbranched alkanes of at least 4 members (excludes halogenated alkanes) is 2. The predicted octanol–water partition coefficient (Wildman–Crippen LogP) is 4.29. The topological polar surface area (TPSA) is 29.3 Å². The molecule has 1 aliphatic rings. The Balaban J connectivity index is 0.00000180. The van der Waals surface area contributed by atoms with Crippen molar-refractivity contribution in [1.82, 2.24) is 0 Å². The van der Waals surface area contributed by atoms with Gasteiger partial charge in [-0.25, -0.2) is 0 Å². The molecule has 3 heteroatoms. The standard InChI is InChI=1S/C16H26N2.ClH/c1-2-3-4-7-16(17)14-8-10-15(11-9-14)18-12-5-6-13-18;/h8-11,16H,2-7,12-13,17H2,1H3;1H/t16-;/m0./s1. The summed E-state index contributed by atoms with van der Waals surface area (Å²) in [5.74, 6) is 0. The van der Waals surface area contributed by atoms with Crippen LogP contribution in [0, 0.1) is 0 Å². The monoisotopic (exact) mass is 282 g/mol. The number of anilines is 1. The summed E-state index contributed by atoms with van der Waals surface area (Å²) in [4.78, 5) is 2.46. The molecule has 0 bridgehead atoms. The van der Waals surface area contributed by atoms with E-state index in [1.165, 1.54) is 56.4 Å². The van der Waals surface area contributed by atoms with Crippen LogP contribution >= 0.6 is 12.4 Å². The van der Waals surface area contributed by atoms with Crippen molar-refractivity contribution in [1.29, 1.82) is 0 Å². The van der Waals surface area contributed by atoms with Crippen LogP contribution in [0.25, 0.3) is 0 Å². The maximum absolute atomic E-state index is 6.23. The van der Waals surface area contributed by atoms with E-state index < -0.39 is 0 Å². The van der Waals surface area contributed by atoms with E-state index in [0.29, 0.717) is 0 Å². The number of nitrogens with two attached hydrogens (primary N) is 1. The third-order valence-electron chi connectivity index (χ3n) is 3.91. The van der Waals surface area contributed by atoms with E-state index in [1.54, 1.807) is 0 Å². The molecule has 0 spiro atoms. The minimum atomic E-state index is 0. The number of nitrogens with zero attached hydrogens (tertiary/aromatic N) is 1. The van der Waals surface area contributed by atoms with E-state index >= 15 is 0 Å². The highest BCUT2D eigenvalue weighted by molar-refractivity contribution is 5.85. The Labute approximate surface area is 123 Å². The molecule has 108 valence electrons. The molecule has 1 aliphatic heterocycles. The van der Waals surface area contributed by atoms with Crippen LogP contribution in [0.3, 0.4) is 0 Å². The zero-order valence-corrected chi connectivity index (χ0v) is 12.8. The zero-order chi connectivity index (χ0) is 12.8. The first-order valence-electron chi connectivity index (χ1n) is 7.41. The van der Waals surface area contributed by atoms with Crippen molar-refractivity contribution < 1.29 is 0 Å². The molecule has 0 aromatic heterocycles. The van der Waals surface area contributed by atoms with Crippen molar-refractivity contribution in [2.24, 2.45) is 5.73 Å². The maximum atomic E-state index is 6.23. The van der Waals surface area contributed by atoms with Crippen LogP contribution in [-0.4, -0.2) is 13.1 Å². The van der Waals surface area contributed by atoms with Gasteiger partial charge in [0.2, 0.25) is 0 Å². The normalized spacial score (nSPS) is 16.2. The molecular weight excluding hydrogens is 256 g/mol. The van der Waals surface area contributed by atoms with Crippen molar-refractivity contribution in [2.45, 2.75) is 51.5 Å². The van der Waals surface area contributed by atoms with Crippen molar-refractivity contribution >= 4 is 18.1 Å². The minimum absolute atomic E-state index is 0. The fourth-order valence-electron chi connectivity index (χ4n) is 2.69. The highest BCUT2D eigenvalue weighted by Crippen LogP contribution is 2.23. The number of hydrogen-bond donors (Lipinski definition) is 1. The number of rotatable bonds is 6. The average Bonchev–Trinajstić information content (AvgIpc) is 2.93. The van der Waals surface area contributed by atoms with Gasteiger partial charge in [0.05, 0.1) is 0 Å². The molecule has 1 fully saturated rings. The van der Waals surface area contributed by atoms with Gasteiger partial charge in [-0.2, -0.15) is 0 Å². The molecule has 1 heterocycles. The second kappa shape index (κ2) is 8.44. The molecule has 0 aliphatic carbocycles. The summed E-state index contributed by atoms with van der Waals surface area (Å²) < 4.78 is 0. The first-order valence-corrected chi connectivity index (χ1v) is 7.41. The van der Waals surface area contributed by atoms with Gasteiger partial charge in [0.15, 0.2) is 0 Å². The molecule has 1 aromatic rings. The van der Waals surface area contributed by atoms with Crippen LogP contribution in [0.2, 0.25) is 0 Å². The largest absolute Gasteiger partial charge is 0.372 e. The molecule has 19 heavy (non-hydrogen) atoms. The maximum Gasteiger partial charge on any atom is 0.0366 e. The lowest BCUT2D eigenvalue weighted by molar-refractivity contribution is 0.581. The molecule has 2 rings (SSSR count). The smallest absolute Gasteiger partial charge is 0.0366 e. The first-order chi connectivity index (χ1) is 8.81. The highest BCUT2D eigenvalue weighted by Gasteiger charge is 2.12. The van der Waals surface area contributed by atoms with Crippen LogP contribution in [-0.2, 0) is 0 Å². The van der Waals surface area contributed by atoms with E-state index in [4.69, 9.17) is 5.73 Å². The molecule has 1 atom stereocenters. The molecule has 2 N–H and O–H groups in total. The van der Waals surface area contributed by atoms with Crippen LogP contribution in [0.1, 0.15) is 57.1 Å². The summed E-state index contributed by atoms with van der Waals surface area (Å²) in [6.45, 7) is 4.65. The van der Waals surface area contributed by atoms with Crippen LogP contribution < -0.4 is 10.6 Å². The van der Waals surface area contributed by atoms with E-state index in [2.05, 4.69) is 36.1 Å². The van der Waals surface area contributed by atoms with Gasteiger partial charge in [-0.05, 0) is 37.0 Å². The van der Waals surface area contributed by atoms with Gasteiger partial charge in [-0.3, -0.25) is 0 Å². The van der Waals surface area contributed by atoms with Gasteiger partial charge in [0, 0.05) is 24.8 Å². The lowest BCUT2D eigenvalue weighted by Gasteiger charge is -2.19. The Hall–Kier alpha value is -0.730. The van der Waals surface area contributed by atoms with Crippen LogP contribution in [0.15, 0.2) is 24.3 Å². The van der Waals surface area contributed by atoms with Gasteiger partial charge < -0.3 is 10.6 Å². The van der Waals surface area contributed by atoms with Crippen molar-refractivity contribution in [3.8, 4) is 0 Å². The van der Waals surface area contributed by atoms with Gasteiger partial charge in [-0.1, -0.05) is 38.3 Å². The lowest BCUT2D eigenvalue weighted by Crippen LogP contribution is -2.17. The van der Waals surface area contributed by atoms with Crippen molar-refractivity contribution in [3.63, 3.8) is 0 Å². The Morgan fingerprint density at radius 2 is 1.74 bits per heavy atom. The SMILES string of the molecule is CCCCC[C@H](N)c1ccc(N2CCCC2)cc1.Cl. The van der Waals surface area contributed by atoms with E-state index in [0.717, 1.165) is 6.42 Å². The summed E-state index contributed by atoms with van der Waals surface area (Å²) in [5.41, 5.74) is 8.87. The van der Waals surface area contributed by atoms with Gasteiger partial charge in [0.1, 0.15) is 0 Å². The minimum Gasteiger partial charge on any atom is -0.372 e. The second-order valence-electron chi connectivity index (χ2n) is 5.39. The molecular formula is C16H27ClN2. The Kier molecular flexibility index (Phi) is 7.25. The van der Waals surface area contributed by atoms with E-state index in [-0.39, 0.29) is 18.4 Å². The van der Waals surface area contributed by atoms with Crippen molar-refractivity contribution in [3.05, 3.63) is 29.8 Å². The third kappa shape index (κ3) is 4.70. The average molecular weight is 283 g/mol. The molecule has 1 saturated heterocycles. The summed E-state index contributed by atoms with van der Waals surface area (Å²) in [5, 5.41) is 0. The van der Waals surface area contributed by atoms with Crippen molar-refractivity contribution in [2.75, 3.05) is 18.0 Å². The number of hydrogen-bond acceptors (Lipinski definition) is 2. The number of halogens is 1. The number of benzene rings is 1. The second-order valence-corrected chi connectivity index (χ2v) is 5.39. The predicted molar refractivity (Wildman–Crippen MR) is 86.2 cm³/mol. The summed E-state index contributed by atoms with van der Waals surface area (Å²) in [6, 6.07) is 9.11. The van der Waals surface area contributed by atoms with E-state index in [9.17, 15) is 0 Å². The summed E-state index contributed by atoms with van der Waals surface area (Å²) in [6.07, 6.45) is 7.57. The van der Waals surface area contributed by atoms with Gasteiger partial charge >= 0.3 is 0 Å². The fourth-order valence-corrected chi connectivity index (χ4v) is 2.69. The Morgan fingerprint density at radius 3 is 2.32 bits per heavy atom. The fraction of sp³-hybridized carbons (Fsp3) is 0.625. The molecule has 2 nitrogen and oxygen atoms in total. The van der Waals surface area contributed by atoms with E-state index in [1.807, 2.05) is 0 Å². The summed E-state index contributed by atoms with van der Waals surface area (Å²) >= 11 is 0. The zero-order valence-electron chi connectivity index (χ0n) is 12.0. The Morgan fingerprint density at radius 1 is 1.11 bits per heavy atom. The molecule has 1 aromatic carbocycles. The van der Waals surface area contributed by atoms with Crippen LogP contribution in [0.4, 0.5) is 5.69 Å². The quantitative estimate of drug-likeness (QED) is 0.789. The summed E-state index contributed by atoms with van der Waals surface area (Å²) in [7, 11) is 0. The molecule has 0 amide bonds. The molecule has 0 unspecified atom stereocenters. The third-order valence-corrected chi connectivity index (χ3v) is 3.91. The lowest BCUT2D eigenvalue weighted by atomic mass is 10.0. The Bertz CT molecular complexity index is 344. The van der Waals surface area contributed by atoms with Gasteiger partial charge in [-0.15, -0.1) is 12.4 Å². The van der Waals surface area contributed by atoms with Crippen LogP contribution in [0.5, 0.6) is 0 Å². The first kappa shape index (κ1) is 16.3. The molecule has 0 radical (unpaired) electrons. The van der Waals surface area contributed by atoms with Gasteiger partial charge in [0.25, 0.3) is 0 Å². The molecule has 0 saturated carbocycles.